The van der Waals surface area contributed by atoms with Gasteiger partial charge in [-0.2, -0.15) is 0 Å². The Labute approximate surface area is 127 Å². The van der Waals surface area contributed by atoms with Gasteiger partial charge in [-0.3, -0.25) is 0 Å². The Morgan fingerprint density at radius 2 is 1.42 bits per heavy atom. The summed E-state index contributed by atoms with van der Waals surface area (Å²) in [6.45, 7) is 0. The summed E-state index contributed by atoms with van der Waals surface area (Å²) in [7, 11) is 0. The van der Waals surface area contributed by atoms with Crippen LogP contribution in [0.4, 0.5) is 8.78 Å². The molecule has 0 aliphatic rings. The third-order valence-corrected chi connectivity index (χ3v) is 3.61. The Balaban J connectivity index is 2.22. The zero-order valence-electron chi connectivity index (χ0n) is 9.84. The first-order chi connectivity index (χ1) is 8.94. The molecule has 0 aliphatic carbocycles. The predicted molar refractivity (Wildman–Crippen MR) is 78.8 cm³/mol. The fraction of sp³-hybridized carbons (Fsp3) is 0.143. The van der Waals surface area contributed by atoms with Crippen molar-refractivity contribution in [3.63, 3.8) is 0 Å². The normalized spacial score (nSPS) is 12.5. The molecule has 0 spiro atoms. The molecule has 0 saturated carbocycles. The van der Waals surface area contributed by atoms with Crippen molar-refractivity contribution in [2.45, 2.75) is 12.5 Å². The second-order valence-electron chi connectivity index (χ2n) is 4.29. The lowest BCUT2D eigenvalue weighted by molar-refractivity contribution is 0.576. The van der Waals surface area contributed by atoms with Crippen molar-refractivity contribution in [2.24, 2.45) is 5.73 Å². The molecule has 0 bridgehead atoms. The first-order valence-electron chi connectivity index (χ1n) is 5.60. The first-order valence-corrected chi connectivity index (χ1v) is 7.19. The fourth-order valence-electron chi connectivity index (χ4n) is 1.89. The van der Waals surface area contributed by atoms with Crippen molar-refractivity contribution in [1.29, 1.82) is 0 Å². The Hall–Kier alpha value is -0.780. The molecule has 0 fully saturated rings. The lowest BCUT2D eigenvalue weighted by Crippen LogP contribution is -2.13. The Morgan fingerprint density at radius 3 is 1.95 bits per heavy atom. The van der Waals surface area contributed by atoms with Crippen molar-refractivity contribution in [1.82, 2.24) is 0 Å². The van der Waals surface area contributed by atoms with E-state index in [4.69, 9.17) is 5.73 Å². The quantitative estimate of drug-likeness (QED) is 0.805. The van der Waals surface area contributed by atoms with E-state index in [0.29, 0.717) is 12.0 Å². The maximum atomic E-state index is 13.1. The van der Waals surface area contributed by atoms with Gasteiger partial charge in [-0.05, 0) is 47.9 Å². The molecule has 0 amide bonds. The van der Waals surface area contributed by atoms with Crippen LogP contribution >= 0.6 is 31.9 Å². The van der Waals surface area contributed by atoms with E-state index in [1.807, 2.05) is 18.2 Å². The van der Waals surface area contributed by atoms with Crippen LogP contribution in [-0.4, -0.2) is 0 Å². The monoisotopic (exact) mass is 389 g/mol. The van der Waals surface area contributed by atoms with E-state index in [1.54, 1.807) is 0 Å². The summed E-state index contributed by atoms with van der Waals surface area (Å²) >= 11 is 6.77. The minimum atomic E-state index is -0.586. The van der Waals surface area contributed by atoms with E-state index >= 15 is 0 Å². The lowest BCUT2D eigenvalue weighted by Gasteiger charge is -2.13. The highest BCUT2D eigenvalue weighted by atomic mass is 79.9. The van der Waals surface area contributed by atoms with Gasteiger partial charge < -0.3 is 5.73 Å². The summed E-state index contributed by atoms with van der Waals surface area (Å²) in [5.41, 5.74) is 7.52. The molecule has 2 aromatic carbocycles. The van der Waals surface area contributed by atoms with Crippen LogP contribution in [0.1, 0.15) is 17.2 Å². The SMILES string of the molecule is NC(Cc1cc(F)cc(F)c1)c1cc(Br)cc(Br)c1. The number of hydrogen-bond acceptors (Lipinski definition) is 1. The lowest BCUT2D eigenvalue weighted by atomic mass is 10.00. The summed E-state index contributed by atoms with van der Waals surface area (Å²) < 4.78 is 28.0. The van der Waals surface area contributed by atoms with Crippen LogP contribution in [0.5, 0.6) is 0 Å². The third-order valence-electron chi connectivity index (χ3n) is 2.69. The van der Waals surface area contributed by atoms with Crippen molar-refractivity contribution < 1.29 is 8.78 Å². The van der Waals surface area contributed by atoms with E-state index in [0.717, 1.165) is 20.6 Å². The van der Waals surface area contributed by atoms with Crippen LogP contribution in [-0.2, 0) is 6.42 Å². The van der Waals surface area contributed by atoms with Crippen LogP contribution in [0.25, 0.3) is 0 Å². The standard InChI is InChI=1S/C14H11Br2F2N/c15-10-4-9(5-11(16)6-10)14(19)3-8-1-12(17)7-13(18)2-8/h1-2,4-7,14H,3,19H2. The molecule has 2 N–H and O–H groups in total. The molecule has 2 rings (SSSR count). The van der Waals surface area contributed by atoms with E-state index in [2.05, 4.69) is 31.9 Å². The van der Waals surface area contributed by atoms with Gasteiger partial charge in [0.05, 0.1) is 0 Å². The highest BCUT2D eigenvalue weighted by molar-refractivity contribution is 9.11. The van der Waals surface area contributed by atoms with Crippen LogP contribution in [0, 0.1) is 11.6 Å². The van der Waals surface area contributed by atoms with E-state index in [-0.39, 0.29) is 6.04 Å². The van der Waals surface area contributed by atoms with Crippen molar-refractivity contribution in [3.8, 4) is 0 Å². The van der Waals surface area contributed by atoms with Gasteiger partial charge in [-0.15, -0.1) is 0 Å². The Kier molecular flexibility index (Phi) is 4.71. The number of hydrogen-bond donors (Lipinski definition) is 1. The highest BCUT2D eigenvalue weighted by Gasteiger charge is 2.10. The summed E-state index contributed by atoms with van der Waals surface area (Å²) in [5, 5.41) is 0. The molecule has 0 radical (unpaired) electrons. The van der Waals surface area contributed by atoms with E-state index in [9.17, 15) is 8.78 Å². The molecule has 0 saturated heterocycles. The van der Waals surface area contributed by atoms with Crippen molar-refractivity contribution in [2.75, 3.05) is 0 Å². The molecule has 0 heterocycles. The topological polar surface area (TPSA) is 26.0 Å². The summed E-state index contributed by atoms with van der Waals surface area (Å²) in [4.78, 5) is 0. The van der Waals surface area contributed by atoms with Gasteiger partial charge in [0.1, 0.15) is 11.6 Å². The van der Waals surface area contributed by atoms with Crippen molar-refractivity contribution in [3.05, 3.63) is 68.1 Å². The average molecular weight is 391 g/mol. The van der Waals surface area contributed by atoms with Crippen LogP contribution < -0.4 is 5.73 Å². The van der Waals surface area contributed by atoms with E-state index in [1.165, 1.54) is 12.1 Å². The minimum absolute atomic E-state index is 0.324. The first kappa shape index (κ1) is 14.6. The Morgan fingerprint density at radius 1 is 0.895 bits per heavy atom. The molecule has 0 aliphatic heterocycles. The molecule has 1 nitrogen and oxygen atoms in total. The molecule has 5 heteroatoms. The van der Waals surface area contributed by atoms with Gasteiger partial charge in [-0.25, -0.2) is 8.78 Å². The molecule has 1 unspecified atom stereocenters. The van der Waals surface area contributed by atoms with E-state index < -0.39 is 11.6 Å². The van der Waals surface area contributed by atoms with Gasteiger partial charge in [-0.1, -0.05) is 31.9 Å². The average Bonchev–Trinajstić information content (AvgIpc) is 2.25. The molecule has 100 valence electrons. The van der Waals surface area contributed by atoms with Gasteiger partial charge in [0.2, 0.25) is 0 Å². The zero-order chi connectivity index (χ0) is 14.0. The van der Waals surface area contributed by atoms with Crippen LogP contribution in [0.3, 0.4) is 0 Å². The molecular formula is C14H11Br2F2N. The second-order valence-corrected chi connectivity index (χ2v) is 6.12. The molecule has 0 aromatic heterocycles. The maximum Gasteiger partial charge on any atom is 0.126 e. The molecule has 1 atom stereocenters. The fourth-order valence-corrected chi connectivity index (χ4v) is 3.22. The third kappa shape index (κ3) is 4.09. The van der Waals surface area contributed by atoms with Crippen molar-refractivity contribution >= 4 is 31.9 Å². The molecular weight excluding hydrogens is 380 g/mol. The number of benzene rings is 2. The highest BCUT2D eigenvalue weighted by Crippen LogP contribution is 2.25. The summed E-state index contributed by atoms with van der Waals surface area (Å²) in [5.74, 6) is -1.17. The van der Waals surface area contributed by atoms with Crippen LogP contribution in [0.2, 0.25) is 0 Å². The second kappa shape index (κ2) is 6.11. The van der Waals surface area contributed by atoms with Crippen LogP contribution in [0.15, 0.2) is 45.3 Å². The van der Waals surface area contributed by atoms with Gasteiger partial charge in [0.25, 0.3) is 0 Å². The maximum absolute atomic E-state index is 13.1. The Bertz CT molecular complexity index is 561. The zero-order valence-corrected chi connectivity index (χ0v) is 13.0. The largest absolute Gasteiger partial charge is 0.324 e. The smallest absolute Gasteiger partial charge is 0.126 e. The van der Waals surface area contributed by atoms with Gasteiger partial charge >= 0.3 is 0 Å². The molecule has 19 heavy (non-hydrogen) atoms. The number of halogens is 4. The summed E-state index contributed by atoms with van der Waals surface area (Å²) in [6.07, 6.45) is 0.373. The minimum Gasteiger partial charge on any atom is -0.324 e. The number of rotatable bonds is 3. The molecule has 2 aromatic rings. The van der Waals surface area contributed by atoms with Gasteiger partial charge in [0.15, 0.2) is 0 Å². The predicted octanol–water partition coefficient (Wildman–Crippen LogP) is 4.73. The number of nitrogens with two attached hydrogens (primary N) is 1. The summed E-state index contributed by atoms with van der Waals surface area (Å²) in [6, 6.07) is 8.82. The van der Waals surface area contributed by atoms with Gasteiger partial charge in [0, 0.05) is 21.1 Å².